The summed E-state index contributed by atoms with van der Waals surface area (Å²) in [6, 6.07) is 10.3. The minimum Gasteiger partial charge on any atom is -0.366 e. The lowest BCUT2D eigenvalue weighted by Gasteiger charge is -2.10. The highest BCUT2D eigenvalue weighted by atomic mass is 19.1. The molecule has 0 aliphatic rings. The number of hydrogen-bond acceptors (Lipinski definition) is 5. The predicted molar refractivity (Wildman–Crippen MR) is 88.0 cm³/mol. The van der Waals surface area contributed by atoms with E-state index in [1.54, 1.807) is 30.7 Å². The second-order valence-corrected chi connectivity index (χ2v) is 5.11. The zero-order valence-electron chi connectivity index (χ0n) is 12.6. The summed E-state index contributed by atoms with van der Waals surface area (Å²) in [5.74, 6) is 1.82. The van der Waals surface area contributed by atoms with Crippen LogP contribution in [0.25, 0.3) is 0 Å². The molecular weight excluding hydrogens is 293 g/mol. The second-order valence-electron chi connectivity index (χ2n) is 5.11. The van der Waals surface area contributed by atoms with Crippen LogP contribution in [0.4, 0.5) is 21.8 Å². The Morgan fingerprint density at radius 2 is 1.78 bits per heavy atom. The number of hydrogen-bond donors (Lipinski definition) is 2. The Kier molecular flexibility index (Phi) is 4.42. The third-order valence-corrected chi connectivity index (χ3v) is 3.18. The van der Waals surface area contributed by atoms with E-state index in [0.717, 1.165) is 16.9 Å². The SMILES string of the molecule is Cc1cc(NCc2ccc(F)cc2)nc(Nc2cnccn2)c1. The van der Waals surface area contributed by atoms with Crippen molar-refractivity contribution in [2.24, 2.45) is 0 Å². The second kappa shape index (κ2) is 6.83. The molecule has 0 aliphatic carbocycles. The summed E-state index contributed by atoms with van der Waals surface area (Å²) in [7, 11) is 0. The highest BCUT2D eigenvalue weighted by Gasteiger charge is 2.02. The first kappa shape index (κ1) is 14.9. The van der Waals surface area contributed by atoms with Gasteiger partial charge in [0.15, 0.2) is 0 Å². The fourth-order valence-corrected chi connectivity index (χ4v) is 2.11. The lowest BCUT2D eigenvalue weighted by Crippen LogP contribution is -2.04. The Morgan fingerprint density at radius 3 is 2.52 bits per heavy atom. The van der Waals surface area contributed by atoms with Crippen LogP contribution in [0.5, 0.6) is 0 Å². The smallest absolute Gasteiger partial charge is 0.150 e. The van der Waals surface area contributed by atoms with E-state index >= 15 is 0 Å². The first-order chi connectivity index (χ1) is 11.2. The van der Waals surface area contributed by atoms with Gasteiger partial charge in [-0.2, -0.15) is 0 Å². The van der Waals surface area contributed by atoms with Crippen LogP contribution in [0, 0.1) is 12.7 Å². The minimum absolute atomic E-state index is 0.238. The van der Waals surface area contributed by atoms with Crippen LogP contribution < -0.4 is 10.6 Å². The third kappa shape index (κ3) is 4.23. The molecule has 2 N–H and O–H groups in total. The molecule has 0 bridgehead atoms. The molecule has 5 nitrogen and oxygen atoms in total. The number of halogens is 1. The van der Waals surface area contributed by atoms with Gasteiger partial charge in [0.2, 0.25) is 0 Å². The summed E-state index contributed by atoms with van der Waals surface area (Å²) in [6.45, 7) is 2.56. The van der Waals surface area contributed by atoms with E-state index in [1.165, 1.54) is 12.1 Å². The van der Waals surface area contributed by atoms with Crippen LogP contribution in [0.15, 0.2) is 55.0 Å². The van der Waals surface area contributed by atoms with Crippen molar-refractivity contribution in [1.82, 2.24) is 15.0 Å². The van der Waals surface area contributed by atoms with E-state index in [-0.39, 0.29) is 5.82 Å². The monoisotopic (exact) mass is 309 g/mol. The van der Waals surface area contributed by atoms with Gasteiger partial charge in [0.05, 0.1) is 6.20 Å². The summed E-state index contributed by atoms with van der Waals surface area (Å²) in [5.41, 5.74) is 2.05. The van der Waals surface area contributed by atoms with Crippen molar-refractivity contribution < 1.29 is 4.39 Å². The Morgan fingerprint density at radius 1 is 1.00 bits per heavy atom. The molecule has 3 aromatic rings. The van der Waals surface area contributed by atoms with Crippen molar-refractivity contribution in [2.45, 2.75) is 13.5 Å². The average molecular weight is 309 g/mol. The Balaban J connectivity index is 1.71. The van der Waals surface area contributed by atoms with E-state index in [9.17, 15) is 4.39 Å². The maximum Gasteiger partial charge on any atom is 0.150 e. The molecule has 0 radical (unpaired) electrons. The molecule has 3 rings (SSSR count). The fraction of sp³-hybridized carbons (Fsp3) is 0.118. The summed E-state index contributed by atoms with van der Waals surface area (Å²) < 4.78 is 12.9. The summed E-state index contributed by atoms with van der Waals surface area (Å²) >= 11 is 0. The molecule has 6 heteroatoms. The van der Waals surface area contributed by atoms with Gasteiger partial charge in [-0.15, -0.1) is 0 Å². The quantitative estimate of drug-likeness (QED) is 0.753. The van der Waals surface area contributed by atoms with Gasteiger partial charge in [-0.1, -0.05) is 12.1 Å². The van der Waals surface area contributed by atoms with Gasteiger partial charge in [0, 0.05) is 18.9 Å². The molecule has 23 heavy (non-hydrogen) atoms. The molecule has 0 spiro atoms. The van der Waals surface area contributed by atoms with Gasteiger partial charge in [0.1, 0.15) is 23.3 Å². The third-order valence-electron chi connectivity index (χ3n) is 3.18. The molecule has 0 fully saturated rings. The van der Waals surface area contributed by atoms with E-state index in [1.807, 2.05) is 19.1 Å². The fourth-order valence-electron chi connectivity index (χ4n) is 2.11. The van der Waals surface area contributed by atoms with Crippen molar-refractivity contribution in [1.29, 1.82) is 0 Å². The van der Waals surface area contributed by atoms with E-state index in [0.29, 0.717) is 18.2 Å². The molecule has 116 valence electrons. The normalized spacial score (nSPS) is 10.3. The first-order valence-electron chi connectivity index (χ1n) is 7.19. The molecular formula is C17H16FN5. The van der Waals surface area contributed by atoms with Crippen molar-refractivity contribution in [3.05, 3.63) is 71.9 Å². The predicted octanol–water partition coefficient (Wildman–Crippen LogP) is 3.67. The van der Waals surface area contributed by atoms with Gasteiger partial charge >= 0.3 is 0 Å². The number of aromatic nitrogens is 3. The topological polar surface area (TPSA) is 62.7 Å². The van der Waals surface area contributed by atoms with Crippen molar-refractivity contribution >= 4 is 17.5 Å². The van der Waals surface area contributed by atoms with Gasteiger partial charge in [0.25, 0.3) is 0 Å². The van der Waals surface area contributed by atoms with Crippen LogP contribution in [-0.2, 0) is 6.54 Å². The molecule has 2 aromatic heterocycles. The highest BCUT2D eigenvalue weighted by Crippen LogP contribution is 2.17. The zero-order chi connectivity index (χ0) is 16.1. The van der Waals surface area contributed by atoms with Crippen LogP contribution in [-0.4, -0.2) is 15.0 Å². The van der Waals surface area contributed by atoms with E-state index in [2.05, 4.69) is 25.6 Å². The van der Waals surface area contributed by atoms with Crippen LogP contribution in [0.1, 0.15) is 11.1 Å². The Hall–Kier alpha value is -3.02. The van der Waals surface area contributed by atoms with Gasteiger partial charge in [-0.3, -0.25) is 4.98 Å². The van der Waals surface area contributed by atoms with Crippen molar-refractivity contribution in [3.8, 4) is 0 Å². The summed E-state index contributed by atoms with van der Waals surface area (Å²) in [4.78, 5) is 12.7. The van der Waals surface area contributed by atoms with Crippen LogP contribution in [0.3, 0.4) is 0 Å². The zero-order valence-corrected chi connectivity index (χ0v) is 12.6. The van der Waals surface area contributed by atoms with Crippen molar-refractivity contribution in [2.75, 3.05) is 10.6 Å². The number of aryl methyl sites for hydroxylation is 1. The number of benzene rings is 1. The lowest BCUT2D eigenvalue weighted by atomic mass is 10.2. The number of nitrogens with one attached hydrogen (secondary N) is 2. The molecule has 0 atom stereocenters. The van der Waals surface area contributed by atoms with E-state index < -0.39 is 0 Å². The minimum atomic E-state index is -0.238. The first-order valence-corrected chi connectivity index (χ1v) is 7.19. The molecule has 0 amide bonds. The molecule has 0 aliphatic heterocycles. The summed E-state index contributed by atoms with van der Waals surface area (Å²) in [6.07, 6.45) is 4.87. The largest absolute Gasteiger partial charge is 0.366 e. The number of nitrogens with zero attached hydrogens (tertiary/aromatic N) is 3. The molecule has 0 saturated heterocycles. The molecule has 0 unspecified atom stereocenters. The number of anilines is 3. The van der Waals surface area contributed by atoms with Crippen molar-refractivity contribution in [3.63, 3.8) is 0 Å². The van der Waals surface area contributed by atoms with Crippen LogP contribution >= 0.6 is 0 Å². The molecule has 2 heterocycles. The molecule has 0 saturated carbocycles. The van der Waals surface area contributed by atoms with E-state index in [4.69, 9.17) is 0 Å². The van der Waals surface area contributed by atoms with Crippen LogP contribution in [0.2, 0.25) is 0 Å². The number of pyridine rings is 1. The van der Waals surface area contributed by atoms with Gasteiger partial charge in [-0.05, 0) is 42.3 Å². The lowest BCUT2D eigenvalue weighted by molar-refractivity contribution is 0.627. The maximum absolute atomic E-state index is 12.9. The van der Waals surface area contributed by atoms with Gasteiger partial charge in [-0.25, -0.2) is 14.4 Å². The van der Waals surface area contributed by atoms with Gasteiger partial charge < -0.3 is 10.6 Å². The Labute approximate surface area is 133 Å². The Bertz CT molecular complexity index is 775. The summed E-state index contributed by atoms with van der Waals surface area (Å²) in [5, 5.41) is 6.35. The molecule has 1 aromatic carbocycles. The average Bonchev–Trinajstić information content (AvgIpc) is 2.55. The standard InChI is InChI=1S/C17H16FN5/c1-12-8-15(21-10-13-2-4-14(18)5-3-13)22-16(9-12)23-17-11-19-6-7-20-17/h2-9,11H,10H2,1H3,(H2,20,21,22,23). The number of rotatable bonds is 5. The maximum atomic E-state index is 12.9. The highest BCUT2D eigenvalue weighted by molar-refractivity contribution is 5.55.